The van der Waals surface area contributed by atoms with E-state index >= 15 is 0 Å². The van der Waals surface area contributed by atoms with E-state index in [0.29, 0.717) is 21.7 Å². The monoisotopic (exact) mass is 214 g/mol. The van der Waals surface area contributed by atoms with Crippen molar-refractivity contribution >= 4 is 27.2 Å². The largest absolute Gasteiger partial charge is 0.331 e. The van der Waals surface area contributed by atoms with Crippen molar-refractivity contribution in [1.82, 2.24) is 20.3 Å². The minimum Gasteiger partial charge on any atom is -0.331 e. The zero-order valence-corrected chi connectivity index (χ0v) is 7.16. The van der Waals surface area contributed by atoms with Gasteiger partial charge in [-0.1, -0.05) is 5.16 Å². The molecular weight excluding hydrogens is 212 g/mol. The van der Waals surface area contributed by atoms with E-state index in [-0.39, 0.29) is 0 Å². The summed E-state index contributed by atoms with van der Waals surface area (Å²) in [6, 6.07) is 0. The first-order valence-corrected chi connectivity index (χ1v) is 3.69. The predicted octanol–water partition coefficient (Wildman–Crippen LogP) is 1.08. The normalized spacial score (nSPS) is 10.7. The molecule has 0 bridgehead atoms. The molecule has 6 heteroatoms. The summed E-state index contributed by atoms with van der Waals surface area (Å²) in [5, 5.41) is 11.0. The molecule has 0 saturated heterocycles. The van der Waals surface area contributed by atoms with E-state index in [0.717, 1.165) is 0 Å². The Labute approximate surface area is 69.9 Å². The molecular formula is C5H3BrN4O. The van der Waals surface area contributed by atoms with Crippen molar-refractivity contribution in [3.8, 4) is 0 Å². The van der Waals surface area contributed by atoms with E-state index in [4.69, 9.17) is 4.52 Å². The van der Waals surface area contributed by atoms with Crippen LogP contribution in [0.1, 0.15) is 5.82 Å². The summed E-state index contributed by atoms with van der Waals surface area (Å²) in [6.07, 6.45) is 0. The SMILES string of the molecule is Cc1nnc2onc(Br)c2n1. The van der Waals surface area contributed by atoms with Crippen molar-refractivity contribution in [2.24, 2.45) is 0 Å². The summed E-state index contributed by atoms with van der Waals surface area (Å²) in [4.78, 5) is 4.06. The van der Waals surface area contributed by atoms with Crippen LogP contribution in [0.25, 0.3) is 11.2 Å². The molecule has 2 aromatic heterocycles. The van der Waals surface area contributed by atoms with Crippen LogP contribution >= 0.6 is 15.9 Å². The fourth-order valence-corrected chi connectivity index (χ4v) is 1.05. The van der Waals surface area contributed by atoms with Gasteiger partial charge >= 0.3 is 0 Å². The van der Waals surface area contributed by atoms with Crippen LogP contribution in [0.4, 0.5) is 0 Å². The van der Waals surface area contributed by atoms with Crippen molar-refractivity contribution in [2.75, 3.05) is 0 Å². The summed E-state index contributed by atoms with van der Waals surface area (Å²) in [7, 11) is 0. The lowest BCUT2D eigenvalue weighted by Crippen LogP contribution is -1.89. The number of aromatic nitrogens is 4. The lowest BCUT2D eigenvalue weighted by molar-refractivity contribution is 0.440. The van der Waals surface area contributed by atoms with Gasteiger partial charge in [0.15, 0.2) is 10.1 Å². The van der Waals surface area contributed by atoms with Crippen LogP contribution in [0.2, 0.25) is 0 Å². The quantitative estimate of drug-likeness (QED) is 0.657. The second-order valence-electron chi connectivity index (χ2n) is 1.99. The van der Waals surface area contributed by atoms with E-state index in [1.54, 1.807) is 6.92 Å². The van der Waals surface area contributed by atoms with Crippen molar-refractivity contribution in [3.63, 3.8) is 0 Å². The maximum absolute atomic E-state index is 4.77. The average molecular weight is 215 g/mol. The number of hydrogen-bond donors (Lipinski definition) is 0. The lowest BCUT2D eigenvalue weighted by atomic mass is 10.6. The Morgan fingerprint density at radius 2 is 2.18 bits per heavy atom. The molecule has 0 aliphatic carbocycles. The second kappa shape index (κ2) is 2.23. The first-order valence-electron chi connectivity index (χ1n) is 2.89. The van der Waals surface area contributed by atoms with E-state index < -0.39 is 0 Å². The number of rotatable bonds is 0. The number of fused-ring (bicyclic) bond motifs is 1. The molecule has 2 heterocycles. The van der Waals surface area contributed by atoms with Crippen LogP contribution in [0.15, 0.2) is 9.13 Å². The van der Waals surface area contributed by atoms with Crippen LogP contribution in [-0.4, -0.2) is 20.3 Å². The van der Waals surface area contributed by atoms with Gasteiger partial charge in [0.2, 0.25) is 0 Å². The molecule has 0 aromatic carbocycles. The summed E-state index contributed by atoms with van der Waals surface area (Å²) < 4.78 is 5.33. The predicted molar refractivity (Wildman–Crippen MR) is 39.8 cm³/mol. The fraction of sp³-hybridized carbons (Fsp3) is 0.200. The van der Waals surface area contributed by atoms with Gasteiger partial charge in [0.25, 0.3) is 5.71 Å². The highest BCUT2D eigenvalue weighted by Crippen LogP contribution is 2.17. The van der Waals surface area contributed by atoms with Gasteiger partial charge in [0, 0.05) is 0 Å². The minimum atomic E-state index is 0.350. The summed E-state index contributed by atoms with van der Waals surface area (Å²) in [5.74, 6) is 0.599. The van der Waals surface area contributed by atoms with Gasteiger partial charge in [0.1, 0.15) is 5.82 Å². The molecule has 0 unspecified atom stereocenters. The topological polar surface area (TPSA) is 64.7 Å². The third-order valence-electron chi connectivity index (χ3n) is 1.17. The first kappa shape index (κ1) is 6.66. The molecule has 0 N–H and O–H groups in total. The Balaban J connectivity index is 2.87. The molecule has 0 fully saturated rings. The summed E-state index contributed by atoms with van der Waals surface area (Å²) in [6.45, 7) is 1.76. The maximum atomic E-state index is 4.77. The van der Waals surface area contributed by atoms with E-state index in [1.807, 2.05) is 0 Å². The first-order chi connectivity index (χ1) is 5.27. The van der Waals surface area contributed by atoms with Gasteiger partial charge in [0.05, 0.1) is 0 Å². The average Bonchev–Trinajstić information content (AvgIpc) is 2.33. The molecule has 5 nitrogen and oxygen atoms in total. The third-order valence-corrected chi connectivity index (χ3v) is 1.69. The smallest absolute Gasteiger partial charge is 0.296 e. The van der Waals surface area contributed by atoms with E-state index in [9.17, 15) is 0 Å². The highest BCUT2D eigenvalue weighted by molar-refractivity contribution is 9.10. The molecule has 11 heavy (non-hydrogen) atoms. The van der Waals surface area contributed by atoms with Crippen molar-refractivity contribution in [2.45, 2.75) is 6.92 Å². The zero-order valence-electron chi connectivity index (χ0n) is 5.58. The number of nitrogens with zero attached hydrogens (tertiary/aromatic N) is 4. The van der Waals surface area contributed by atoms with Gasteiger partial charge < -0.3 is 4.52 Å². The molecule has 0 amide bonds. The minimum absolute atomic E-state index is 0.350. The summed E-state index contributed by atoms with van der Waals surface area (Å²) >= 11 is 3.17. The molecule has 2 rings (SSSR count). The molecule has 0 spiro atoms. The highest BCUT2D eigenvalue weighted by atomic mass is 79.9. The van der Waals surface area contributed by atoms with Gasteiger partial charge in [-0.2, -0.15) is 0 Å². The van der Waals surface area contributed by atoms with Crippen molar-refractivity contribution in [1.29, 1.82) is 0 Å². The fourth-order valence-electron chi connectivity index (χ4n) is 0.720. The molecule has 0 aliphatic rings. The Kier molecular flexibility index (Phi) is 1.35. The van der Waals surface area contributed by atoms with Gasteiger partial charge in [-0.15, -0.1) is 10.2 Å². The van der Waals surface area contributed by atoms with E-state index in [1.165, 1.54) is 0 Å². The van der Waals surface area contributed by atoms with Crippen LogP contribution in [0.3, 0.4) is 0 Å². The molecule has 2 aromatic rings. The van der Waals surface area contributed by atoms with Crippen LogP contribution in [-0.2, 0) is 0 Å². The zero-order chi connectivity index (χ0) is 7.84. The van der Waals surface area contributed by atoms with Gasteiger partial charge in [-0.05, 0) is 22.9 Å². The number of hydrogen-bond acceptors (Lipinski definition) is 5. The van der Waals surface area contributed by atoms with Crippen LogP contribution < -0.4 is 0 Å². The van der Waals surface area contributed by atoms with Crippen molar-refractivity contribution < 1.29 is 4.52 Å². The molecule has 56 valence electrons. The Bertz CT molecular complexity index is 398. The Morgan fingerprint density at radius 3 is 3.00 bits per heavy atom. The maximum Gasteiger partial charge on any atom is 0.296 e. The molecule has 0 radical (unpaired) electrons. The number of halogens is 1. The molecule has 0 aliphatic heterocycles. The van der Waals surface area contributed by atoms with Gasteiger partial charge in [-0.25, -0.2) is 4.98 Å². The summed E-state index contributed by atoms with van der Waals surface area (Å²) in [5.41, 5.74) is 0.958. The van der Waals surface area contributed by atoms with Crippen molar-refractivity contribution in [3.05, 3.63) is 10.4 Å². The molecule has 0 atom stereocenters. The van der Waals surface area contributed by atoms with Crippen LogP contribution in [0.5, 0.6) is 0 Å². The van der Waals surface area contributed by atoms with E-state index in [2.05, 4.69) is 36.3 Å². The Morgan fingerprint density at radius 1 is 1.36 bits per heavy atom. The highest BCUT2D eigenvalue weighted by Gasteiger charge is 2.07. The third kappa shape index (κ3) is 0.988. The standard InChI is InChI=1S/C5H3BrN4O/c1-2-7-3-4(6)10-11-5(3)9-8-2/h1H3. The second-order valence-corrected chi connectivity index (χ2v) is 2.74. The molecule has 0 saturated carbocycles. The van der Waals surface area contributed by atoms with Gasteiger partial charge in [-0.3, -0.25) is 0 Å². The number of aryl methyl sites for hydroxylation is 1. The van der Waals surface area contributed by atoms with Crippen LogP contribution in [0, 0.1) is 6.92 Å². The Hall–Kier alpha value is -1.04. The lowest BCUT2D eigenvalue weighted by Gasteiger charge is -1.85.